The van der Waals surface area contributed by atoms with E-state index in [2.05, 4.69) is 0 Å². The van der Waals surface area contributed by atoms with Crippen molar-refractivity contribution < 1.29 is 38.2 Å². The quantitative estimate of drug-likeness (QED) is 0.463. The Morgan fingerprint density at radius 1 is 0.840 bits per heavy atom. The molecular formula is C17H36N2O6+2. The summed E-state index contributed by atoms with van der Waals surface area (Å²) in [6, 6.07) is 0. The lowest BCUT2D eigenvalue weighted by molar-refractivity contribution is -0.874. The molecule has 0 aromatic rings. The average Bonchev–Trinajstić information content (AvgIpc) is 2.30. The molecule has 0 bridgehead atoms. The fourth-order valence-electron chi connectivity index (χ4n) is 2.58. The van der Waals surface area contributed by atoms with E-state index < -0.39 is 24.1 Å². The maximum Gasteiger partial charge on any atom is 0.306 e. The molecule has 148 valence electrons. The molecule has 0 aliphatic rings. The van der Waals surface area contributed by atoms with E-state index in [9.17, 15) is 9.59 Å². The molecule has 0 heterocycles. The molecule has 2 N–H and O–H groups in total. The number of nitrogens with zero attached hydrogens (tertiary/aromatic N) is 2. The van der Waals surface area contributed by atoms with Crippen LogP contribution in [0.25, 0.3) is 0 Å². The summed E-state index contributed by atoms with van der Waals surface area (Å²) in [4.78, 5) is 22.0. The molecule has 0 fully saturated rings. The van der Waals surface area contributed by atoms with Crippen LogP contribution < -0.4 is 0 Å². The van der Waals surface area contributed by atoms with E-state index >= 15 is 0 Å². The highest BCUT2D eigenvalue weighted by Gasteiger charge is 2.26. The number of hydrogen-bond donors (Lipinski definition) is 2. The minimum absolute atomic E-state index is 0.0698. The van der Waals surface area contributed by atoms with Crippen LogP contribution in [-0.4, -0.2) is 111 Å². The zero-order valence-corrected chi connectivity index (χ0v) is 16.7. The maximum atomic E-state index is 11.0. The average molecular weight is 364 g/mol. The van der Waals surface area contributed by atoms with Crippen molar-refractivity contribution in [1.82, 2.24) is 0 Å². The van der Waals surface area contributed by atoms with Crippen molar-refractivity contribution >= 4 is 11.9 Å². The maximum absolute atomic E-state index is 11.0. The first-order valence-corrected chi connectivity index (χ1v) is 8.49. The second-order valence-corrected chi connectivity index (χ2v) is 8.67. The van der Waals surface area contributed by atoms with Gasteiger partial charge in [0.25, 0.3) is 0 Å². The van der Waals surface area contributed by atoms with Gasteiger partial charge in [0.15, 0.2) is 0 Å². The van der Waals surface area contributed by atoms with Crippen LogP contribution in [0.3, 0.4) is 0 Å². The second-order valence-electron chi connectivity index (χ2n) is 8.67. The number of quaternary nitrogens is 2. The third-order valence-electron chi connectivity index (χ3n) is 3.30. The summed E-state index contributed by atoms with van der Waals surface area (Å²) in [6.07, 6.45) is -1.30. The number of likely N-dealkylation sites (N-methyl/N-ethyl adjacent to an activating group) is 2. The van der Waals surface area contributed by atoms with Gasteiger partial charge in [-0.25, -0.2) is 0 Å². The zero-order chi connectivity index (χ0) is 19.8. The summed E-state index contributed by atoms with van der Waals surface area (Å²) >= 11 is 0. The molecule has 0 rings (SSSR count). The fraction of sp³-hybridized carbons (Fsp3) is 0.882. The SMILES string of the molecule is CC(COC(CC(=O)O)C[N+](C)(C)C)OC(CC(=O)O)C[N+](C)(C)C. The van der Waals surface area contributed by atoms with Crippen molar-refractivity contribution in [2.45, 2.75) is 38.1 Å². The molecule has 0 aromatic carbocycles. The molecule has 0 spiro atoms. The third-order valence-corrected chi connectivity index (χ3v) is 3.30. The van der Waals surface area contributed by atoms with Crippen molar-refractivity contribution in [1.29, 1.82) is 0 Å². The standard InChI is InChI=1S/C17H34N2O6/c1-13(25-15(9-17(22)23)11-19(5,6)7)12-24-14(8-16(20)21)10-18(2,3)4/h13-15H,8-12H2,1-7H3/p+2. The van der Waals surface area contributed by atoms with Gasteiger partial charge >= 0.3 is 11.9 Å². The molecule has 3 unspecified atom stereocenters. The Morgan fingerprint density at radius 3 is 1.64 bits per heavy atom. The van der Waals surface area contributed by atoms with Crippen LogP contribution in [0, 0.1) is 0 Å². The minimum Gasteiger partial charge on any atom is -0.481 e. The lowest BCUT2D eigenvalue weighted by Crippen LogP contribution is -2.45. The summed E-state index contributed by atoms with van der Waals surface area (Å²) < 4.78 is 12.8. The van der Waals surface area contributed by atoms with Crippen LogP contribution in [0.2, 0.25) is 0 Å². The van der Waals surface area contributed by atoms with Crippen molar-refractivity contribution in [2.75, 3.05) is 62.0 Å². The van der Waals surface area contributed by atoms with E-state index in [1.807, 2.05) is 49.2 Å². The Balaban J connectivity index is 4.65. The third kappa shape index (κ3) is 14.8. The Kier molecular flexibility index (Phi) is 9.57. The van der Waals surface area contributed by atoms with E-state index in [0.717, 1.165) is 0 Å². The number of ether oxygens (including phenoxy) is 2. The Morgan fingerprint density at radius 2 is 1.24 bits per heavy atom. The number of carbonyl (C=O) groups is 2. The van der Waals surface area contributed by atoms with E-state index in [1.165, 1.54) is 0 Å². The van der Waals surface area contributed by atoms with E-state index in [0.29, 0.717) is 22.1 Å². The second kappa shape index (κ2) is 10.1. The van der Waals surface area contributed by atoms with Gasteiger partial charge in [-0.15, -0.1) is 0 Å². The molecule has 0 saturated heterocycles. The molecule has 0 aliphatic carbocycles. The molecular weight excluding hydrogens is 328 g/mol. The van der Waals surface area contributed by atoms with E-state index in [1.54, 1.807) is 0 Å². The van der Waals surface area contributed by atoms with Gasteiger partial charge in [0.2, 0.25) is 0 Å². The molecule has 0 radical (unpaired) electrons. The highest BCUT2D eigenvalue weighted by Crippen LogP contribution is 2.11. The van der Waals surface area contributed by atoms with Crippen LogP contribution >= 0.6 is 0 Å². The van der Waals surface area contributed by atoms with Gasteiger partial charge in [0, 0.05) is 0 Å². The highest BCUT2D eigenvalue weighted by molar-refractivity contribution is 5.67. The summed E-state index contributed by atoms with van der Waals surface area (Å²) in [5.74, 6) is -1.80. The summed E-state index contributed by atoms with van der Waals surface area (Å²) in [5.41, 5.74) is 0. The molecule has 0 amide bonds. The van der Waals surface area contributed by atoms with Crippen molar-refractivity contribution in [2.24, 2.45) is 0 Å². The monoisotopic (exact) mass is 364 g/mol. The molecule has 8 heteroatoms. The summed E-state index contributed by atoms with van der Waals surface area (Å²) in [6.45, 7) is 3.17. The summed E-state index contributed by atoms with van der Waals surface area (Å²) in [7, 11) is 11.9. The summed E-state index contributed by atoms with van der Waals surface area (Å²) in [5, 5.41) is 18.1. The number of carboxylic acids is 2. The first kappa shape index (κ1) is 23.8. The van der Waals surface area contributed by atoms with Crippen molar-refractivity contribution in [3.63, 3.8) is 0 Å². The van der Waals surface area contributed by atoms with Crippen LogP contribution in [0.5, 0.6) is 0 Å². The molecule has 0 saturated carbocycles. The Bertz CT molecular complexity index is 428. The van der Waals surface area contributed by atoms with Gasteiger partial charge in [0.05, 0.1) is 67.8 Å². The van der Waals surface area contributed by atoms with Gasteiger partial charge in [0.1, 0.15) is 25.3 Å². The van der Waals surface area contributed by atoms with Gasteiger partial charge in [-0.2, -0.15) is 0 Å². The number of carboxylic acid groups (broad SMARTS) is 2. The van der Waals surface area contributed by atoms with E-state index in [4.69, 9.17) is 19.7 Å². The molecule has 0 aliphatic heterocycles. The predicted octanol–water partition coefficient (Wildman–Crippen LogP) is 0.507. The Hall–Kier alpha value is -1.22. The molecule has 25 heavy (non-hydrogen) atoms. The molecule has 8 nitrogen and oxygen atoms in total. The smallest absolute Gasteiger partial charge is 0.306 e. The Labute approximate surface area is 151 Å². The molecule has 3 atom stereocenters. The van der Waals surface area contributed by atoms with Crippen LogP contribution in [-0.2, 0) is 19.1 Å². The highest BCUT2D eigenvalue weighted by atomic mass is 16.5. The van der Waals surface area contributed by atoms with E-state index in [-0.39, 0.29) is 25.6 Å². The fourth-order valence-corrected chi connectivity index (χ4v) is 2.58. The lowest BCUT2D eigenvalue weighted by atomic mass is 10.2. The largest absolute Gasteiger partial charge is 0.481 e. The number of aliphatic carboxylic acids is 2. The van der Waals surface area contributed by atoms with Gasteiger partial charge in [-0.05, 0) is 6.92 Å². The van der Waals surface area contributed by atoms with Gasteiger partial charge < -0.3 is 28.7 Å². The number of rotatable bonds is 13. The predicted molar refractivity (Wildman–Crippen MR) is 94.4 cm³/mol. The first-order valence-electron chi connectivity index (χ1n) is 8.49. The van der Waals surface area contributed by atoms with Crippen LogP contribution in [0.15, 0.2) is 0 Å². The van der Waals surface area contributed by atoms with Gasteiger partial charge in [-0.3, -0.25) is 9.59 Å². The number of hydrogen-bond acceptors (Lipinski definition) is 4. The zero-order valence-electron chi connectivity index (χ0n) is 16.7. The lowest BCUT2D eigenvalue weighted by Gasteiger charge is -2.31. The van der Waals surface area contributed by atoms with Crippen LogP contribution in [0.4, 0.5) is 0 Å². The topological polar surface area (TPSA) is 93.1 Å². The molecule has 0 aromatic heterocycles. The van der Waals surface area contributed by atoms with Gasteiger partial charge in [-0.1, -0.05) is 0 Å². The first-order chi connectivity index (χ1) is 11.2. The van der Waals surface area contributed by atoms with Crippen LogP contribution in [0.1, 0.15) is 19.8 Å². The van der Waals surface area contributed by atoms with Crippen molar-refractivity contribution in [3.8, 4) is 0 Å². The minimum atomic E-state index is -0.902. The normalized spacial score (nSPS) is 16.3. The van der Waals surface area contributed by atoms with Crippen molar-refractivity contribution in [3.05, 3.63) is 0 Å².